The molecule has 1 aromatic carbocycles. The molecule has 0 saturated carbocycles. The van der Waals surface area contributed by atoms with Gasteiger partial charge >= 0.3 is 0 Å². The number of halogens is 1. The number of guanidine groups is 1. The van der Waals surface area contributed by atoms with Gasteiger partial charge in [0.25, 0.3) is 0 Å². The quantitative estimate of drug-likeness (QED) is 0.876. The van der Waals surface area contributed by atoms with Gasteiger partial charge in [0.05, 0.1) is 18.4 Å². The topological polar surface area (TPSA) is 79.0 Å². The minimum Gasteiger partial charge on any atom is -0.369 e. The van der Waals surface area contributed by atoms with Crippen LogP contribution in [0.1, 0.15) is 31.7 Å². The highest BCUT2D eigenvalue weighted by atomic mass is 35.5. The molecule has 1 fully saturated rings. The molecule has 0 radical (unpaired) electrons. The van der Waals surface area contributed by atoms with Crippen molar-refractivity contribution >= 4 is 29.4 Å². The summed E-state index contributed by atoms with van der Waals surface area (Å²) in [4.78, 5) is 32.8. The fourth-order valence-corrected chi connectivity index (χ4v) is 3.89. The number of carbonyl (C=O) groups excluding carboxylic acids is 2. The molecule has 2 amide bonds. The maximum absolute atomic E-state index is 12.7. The normalized spacial score (nSPS) is 26.7. The van der Waals surface area contributed by atoms with Crippen LogP contribution < -0.4 is 5.73 Å². The summed E-state index contributed by atoms with van der Waals surface area (Å²) in [7, 11) is 1.64. The van der Waals surface area contributed by atoms with E-state index in [1.165, 1.54) is 4.90 Å². The van der Waals surface area contributed by atoms with Gasteiger partial charge in [-0.3, -0.25) is 14.5 Å². The Bertz CT molecular complexity index is 734. The predicted octanol–water partition coefficient (Wildman–Crippen LogP) is 2.06. The maximum Gasteiger partial charge on any atom is 0.231 e. The Balaban J connectivity index is 1.70. The van der Waals surface area contributed by atoms with Crippen molar-refractivity contribution < 1.29 is 9.59 Å². The number of likely N-dealkylation sites (tertiary alicyclic amines) is 1. The molecule has 2 heterocycles. The molecule has 2 N–H and O–H groups in total. The highest BCUT2D eigenvalue weighted by Gasteiger charge is 2.43. The van der Waals surface area contributed by atoms with E-state index in [4.69, 9.17) is 17.3 Å². The Morgan fingerprint density at radius 3 is 2.73 bits per heavy atom. The molecule has 3 rings (SSSR count). The molecule has 2 aliphatic heterocycles. The molecule has 1 aromatic rings. The Morgan fingerprint density at radius 1 is 1.38 bits per heavy atom. The second kappa shape index (κ2) is 7.27. The molecule has 0 aliphatic carbocycles. The number of amides is 2. The number of benzene rings is 1. The molecule has 0 spiro atoms. The molecule has 0 bridgehead atoms. The first-order chi connectivity index (χ1) is 12.3. The third-order valence-electron chi connectivity index (χ3n) is 5.52. The molecule has 6 nitrogen and oxygen atoms in total. The van der Waals surface area contributed by atoms with Crippen LogP contribution >= 0.6 is 11.6 Å². The van der Waals surface area contributed by atoms with Crippen LogP contribution in [0, 0.1) is 5.92 Å². The van der Waals surface area contributed by atoms with E-state index >= 15 is 0 Å². The lowest BCUT2D eigenvalue weighted by Crippen LogP contribution is -2.55. The average Bonchev–Trinajstić information content (AvgIpc) is 2.61. The summed E-state index contributed by atoms with van der Waals surface area (Å²) in [6.07, 6.45) is 2.53. The van der Waals surface area contributed by atoms with Crippen LogP contribution in [0.25, 0.3) is 0 Å². The minimum atomic E-state index is -0.549. The van der Waals surface area contributed by atoms with Crippen LogP contribution in [-0.2, 0) is 16.0 Å². The zero-order chi connectivity index (χ0) is 18.9. The zero-order valence-corrected chi connectivity index (χ0v) is 16.0. The van der Waals surface area contributed by atoms with Crippen molar-refractivity contribution in [2.75, 3.05) is 20.1 Å². The van der Waals surface area contributed by atoms with Gasteiger partial charge in [0.1, 0.15) is 0 Å². The molecule has 26 heavy (non-hydrogen) atoms. The molecular weight excluding hydrogens is 352 g/mol. The van der Waals surface area contributed by atoms with Crippen LogP contribution in [0.3, 0.4) is 0 Å². The van der Waals surface area contributed by atoms with Gasteiger partial charge in [-0.15, -0.1) is 0 Å². The first-order valence-corrected chi connectivity index (χ1v) is 9.30. The van der Waals surface area contributed by atoms with Crippen LogP contribution in [0.15, 0.2) is 29.3 Å². The third kappa shape index (κ3) is 3.85. The van der Waals surface area contributed by atoms with Gasteiger partial charge in [-0.2, -0.15) is 0 Å². The van der Waals surface area contributed by atoms with Gasteiger partial charge < -0.3 is 10.6 Å². The number of aliphatic imine (C=N–C) groups is 1. The van der Waals surface area contributed by atoms with Gasteiger partial charge in [0.15, 0.2) is 5.96 Å². The smallest absolute Gasteiger partial charge is 0.231 e. The lowest BCUT2D eigenvalue weighted by atomic mass is 9.77. The number of rotatable bonds is 3. The second-order valence-electron chi connectivity index (χ2n) is 7.44. The first-order valence-electron chi connectivity index (χ1n) is 8.92. The Hall–Kier alpha value is -2.08. The predicted molar refractivity (Wildman–Crippen MR) is 102 cm³/mol. The third-order valence-corrected chi connectivity index (χ3v) is 5.77. The highest BCUT2D eigenvalue weighted by molar-refractivity contribution is 6.30. The molecule has 1 unspecified atom stereocenters. The van der Waals surface area contributed by atoms with Gasteiger partial charge in [0, 0.05) is 31.1 Å². The average molecular weight is 377 g/mol. The lowest BCUT2D eigenvalue weighted by molar-refractivity contribution is -0.133. The number of hydrogen-bond acceptors (Lipinski definition) is 4. The number of piperidine rings is 1. The summed E-state index contributed by atoms with van der Waals surface area (Å²) >= 11 is 5.90. The largest absolute Gasteiger partial charge is 0.369 e. The fraction of sp³-hybridized carbons (Fsp3) is 0.526. The Labute approximate surface area is 159 Å². The van der Waals surface area contributed by atoms with E-state index in [9.17, 15) is 9.59 Å². The number of nitrogens with zero attached hydrogens (tertiary/aromatic N) is 3. The van der Waals surface area contributed by atoms with E-state index in [1.807, 2.05) is 24.0 Å². The van der Waals surface area contributed by atoms with Gasteiger partial charge in [0.2, 0.25) is 11.8 Å². The molecule has 0 aromatic heterocycles. The summed E-state index contributed by atoms with van der Waals surface area (Å²) in [5.74, 6) is 0.455. The van der Waals surface area contributed by atoms with Crippen LogP contribution in [0.5, 0.6) is 0 Å². The summed E-state index contributed by atoms with van der Waals surface area (Å²) < 4.78 is 0. The van der Waals surface area contributed by atoms with Crippen LogP contribution in [-0.4, -0.2) is 53.2 Å². The molecule has 2 atom stereocenters. The van der Waals surface area contributed by atoms with E-state index in [0.717, 1.165) is 24.9 Å². The molecule has 2 aliphatic rings. The fourth-order valence-electron chi connectivity index (χ4n) is 3.76. The summed E-state index contributed by atoms with van der Waals surface area (Å²) in [6.45, 7) is 3.32. The lowest BCUT2D eigenvalue weighted by Gasteiger charge is -2.43. The zero-order valence-electron chi connectivity index (χ0n) is 15.2. The summed E-state index contributed by atoms with van der Waals surface area (Å²) in [6, 6.07) is 7.35. The molecule has 7 heteroatoms. The Morgan fingerprint density at radius 2 is 2.08 bits per heavy atom. The van der Waals surface area contributed by atoms with Gasteiger partial charge in [-0.25, -0.2) is 4.99 Å². The molecule has 140 valence electrons. The van der Waals surface area contributed by atoms with Crippen molar-refractivity contribution in [3.05, 3.63) is 34.9 Å². The van der Waals surface area contributed by atoms with Crippen molar-refractivity contribution in [1.29, 1.82) is 0 Å². The maximum atomic E-state index is 12.7. The van der Waals surface area contributed by atoms with E-state index < -0.39 is 5.54 Å². The van der Waals surface area contributed by atoms with Crippen molar-refractivity contribution in [1.82, 2.24) is 9.80 Å². The summed E-state index contributed by atoms with van der Waals surface area (Å²) in [5.41, 5.74) is 6.32. The number of nitrogens with two attached hydrogens (primary N) is 1. The van der Waals surface area contributed by atoms with Gasteiger partial charge in [-0.1, -0.05) is 23.7 Å². The monoisotopic (exact) mass is 376 g/mol. The van der Waals surface area contributed by atoms with E-state index in [2.05, 4.69) is 4.99 Å². The number of hydrogen-bond donors (Lipinski definition) is 1. The van der Waals surface area contributed by atoms with Crippen LogP contribution in [0.2, 0.25) is 5.02 Å². The van der Waals surface area contributed by atoms with Crippen molar-refractivity contribution in [3.8, 4) is 0 Å². The standard InChI is InChI=1S/C19H25ClN4O2/c1-19(11-17(26)23(2)18(21)22-19)14-4-3-9-24(12-14)16(25)10-13-5-7-15(20)8-6-13/h5-8,14H,3-4,9-12H2,1-2H3,(H2,21,22)/t14?,19-/m0/s1. The van der Waals surface area contributed by atoms with E-state index in [1.54, 1.807) is 19.2 Å². The van der Waals surface area contributed by atoms with Crippen LogP contribution in [0.4, 0.5) is 0 Å². The Kier molecular flexibility index (Phi) is 5.23. The SMILES string of the molecule is CN1C(=O)C[C@@](C)(C2CCCN(C(=O)Cc3ccc(Cl)cc3)C2)N=C1N. The first kappa shape index (κ1) is 18.7. The van der Waals surface area contributed by atoms with Crippen molar-refractivity contribution in [3.63, 3.8) is 0 Å². The van der Waals surface area contributed by atoms with Crippen molar-refractivity contribution in [2.24, 2.45) is 16.6 Å². The van der Waals surface area contributed by atoms with Gasteiger partial charge in [-0.05, 0) is 37.5 Å². The highest BCUT2D eigenvalue weighted by Crippen LogP contribution is 2.35. The second-order valence-corrected chi connectivity index (χ2v) is 7.88. The van der Waals surface area contributed by atoms with E-state index in [0.29, 0.717) is 24.4 Å². The minimum absolute atomic E-state index is 0.0235. The molecular formula is C19H25ClN4O2. The summed E-state index contributed by atoms with van der Waals surface area (Å²) in [5, 5.41) is 0.662. The van der Waals surface area contributed by atoms with E-state index in [-0.39, 0.29) is 23.7 Å². The van der Waals surface area contributed by atoms with Crippen molar-refractivity contribution in [2.45, 2.75) is 38.1 Å². The number of carbonyl (C=O) groups is 2. The molecule has 1 saturated heterocycles.